The van der Waals surface area contributed by atoms with E-state index in [0.29, 0.717) is 0 Å². The standard InChI is InChI=1S/C65H69BN2/c1-61(2,3)49-32-38-56-54(40-49)66-55-41-50(65(11,12)46-26-20-15-21-27-46)33-39-57(55)68(53-36-30-48(31-37-53)64(9,10)45-24-18-14-19-25-45)59-43-51(62(4,5)6)42-58(60(59)66)67(56)52-34-28-47(29-35-52)63(7,8)44-22-16-13-17-23-44/h13-43,54,56H,1-12H3. The third-order valence-electron chi connectivity index (χ3n) is 16.1. The zero-order chi connectivity index (χ0) is 48.0. The molecule has 2 unspecified atom stereocenters. The molecule has 0 bridgehead atoms. The van der Waals surface area contributed by atoms with Crippen molar-refractivity contribution < 1.29 is 0 Å². The average Bonchev–Trinajstić information content (AvgIpc) is 3.33. The van der Waals surface area contributed by atoms with Gasteiger partial charge in [-0.15, -0.1) is 0 Å². The molecule has 0 N–H and O–H groups in total. The molecule has 0 radical (unpaired) electrons. The molecule has 0 amide bonds. The van der Waals surface area contributed by atoms with Crippen LogP contribution in [0.15, 0.2) is 194 Å². The largest absolute Gasteiger partial charge is 0.335 e. The number of hydrogen-bond acceptors (Lipinski definition) is 2. The van der Waals surface area contributed by atoms with E-state index in [2.05, 4.69) is 281 Å². The van der Waals surface area contributed by atoms with Gasteiger partial charge < -0.3 is 9.80 Å². The van der Waals surface area contributed by atoms with E-state index in [1.54, 1.807) is 0 Å². The van der Waals surface area contributed by atoms with Crippen LogP contribution in [-0.2, 0) is 21.7 Å². The van der Waals surface area contributed by atoms with Crippen LogP contribution >= 0.6 is 0 Å². The lowest BCUT2D eigenvalue weighted by Gasteiger charge is -2.51. The van der Waals surface area contributed by atoms with E-state index in [1.807, 2.05) is 0 Å². The topological polar surface area (TPSA) is 6.48 Å². The molecule has 7 aromatic rings. The van der Waals surface area contributed by atoms with Gasteiger partial charge in [-0.25, -0.2) is 0 Å². The lowest BCUT2D eigenvalue weighted by atomic mass is 9.28. The summed E-state index contributed by atoms with van der Waals surface area (Å²) >= 11 is 0. The van der Waals surface area contributed by atoms with Crippen molar-refractivity contribution in [1.82, 2.24) is 0 Å². The minimum absolute atomic E-state index is 0.00782. The molecule has 342 valence electrons. The molecule has 10 rings (SSSR count). The maximum Gasteiger partial charge on any atom is 0.226 e. The average molecular weight is 889 g/mol. The van der Waals surface area contributed by atoms with Crippen LogP contribution < -0.4 is 20.7 Å². The molecule has 3 heteroatoms. The minimum atomic E-state index is -0.209. The van der Waals surface area contributed by atoms with Gasteiger partial charge in [-0.05, 0) is 115 Å². The highest BCUT2D eigenvalue weighted by Gasteiger charge is 2.50. The predicted octanol–water partition coefficient (Wildman–Crippen LogP) is 15.8. The second-order valence-corrected chi connectivity index (χ2v) is 23.5. The van der Waals surface area contributed by atoms with E-state index in [-0.39, 0.29) is 45.6 Å². The molecule has 68 heavy (non-hydrogen) atoms. The molecule has 3 aliphatic rings. The highest BCUT2D eigenvalue weighted by molar-refractivity contribution is 6.91. The Morgan fingerprint density at radius 2 is 0.838 bits per heavy atom. The van der Waals surface area contributed by atoms with E-state index < -0.39 is 0 Å². The number of allylic oxidation sites excluding steroid dienone is 2. The fourth-order valence-electron chi connectivity index (χ4n) is 11.5. The first-order valence-electron chi connectivity index (χ1n) is 25.0. The smallest absolute Gasteiger partial charge is 0.226 e. The quantitative estimate of drug-likeness (QED) is 0.140. The van der Waals surface area contributed by atoms with E-state index in [1.165, 1.54) is 83.9 Å². The highest BCUT2D eigenvalue weighted by atomic mass is 15.2. The molecule has 0 saturated carbocycles. The first-order valence-corrected chi connectivity index (χ1v) is 25.0. The molecule has 2 atom stereocenters. The Morgan fingerprint density at radius 1 is 0.397 bits per heavy atom. The van der Waals surface area contributed by atoms with Crippen LogP contribution in [0.3, 0.4) is 0 Å². The van der Waals surface area contributed by atoms with Gasteiger partial charge in [0, 0.05) is 44.7 Å². The molecule has 2 aliphatic heterocycles. The number of rotatable bonds is 8. The van der Waals surface area contributed by atoms with Gasteiger partial charge in [0.2, 0.25) is 6.71 Å². The van der Waals surface area contributed by atoms with Gasteiger partial charge in [0.15, 0.2) is 0 Å². The third kappa shape index (κ3) is 7.67. The van der Waals surface area contributed by atoms with E-state index in [9.17, 15) is 0 Å². The van der Waals surface area contributed by atoms with E-state index in [4.69, 9.17) is 0 Å². The van der Waals surface area contributed by atoms with Gasteiger partial charge in [0.1, 0.15) is 0 Å². The van der Waals surface area contributed by atoms with Gasteiger partial charge in [-0.1, -0.05) is 229 Å². The summed E-state index contributed by atoms with van der Waals surface area (Å²) in [5.41, 5.74) is 19.1. The summed E-state index contributed by atoms with van der Waals surface area (Å²) < 4.78 is 0. The van der Waals surface area contributed by atoms with Crippen LogP contribution in [0.2, 0.25) is 5.82 Å². The number of hydrogen-bond donors (Lipinski definition) is 0. The summed E-state index contributed by atoms with van der Waals surface area (Å²) in [5, 5.41) is 0. The molecule has 2 heterocycles. The Bertz CT molecular complexity index is 3030. The fraction of sp³-hybridized carbons (Fsp3) is 0.292. The third-order valence-corrected chi connectivity index (χ3v) is 16.1. The fourth-order valence-corrected chi connectivity index (χ4v) is 11.5. The highest BCUT2D eigenvalue weighted by Crippen LogP contribution is 2.51. The van der Waals surface area contributed by atoms with E-state index >= 15 is 0 Å². The van der Waals surface area contributed by atoms with Crippen LogP contribution in [0.25, 0.3) is 0 Å². The molecule has 0 fully saturated rings. The molecule has 0 saturated heterocycles. The lowest BCUT2D eigenvalue weighted by Crippen LogP contribution is -2.62. The van der Waals surface area contributed by atoms with Crippen molar-refractivity contribution in [1.29, 1.82) is 0 Å². The van der Waals surface area contributed by atoms with Gasteiger partial charge >= 0.3 is 0 Å². The van der Waals surface area contributed by atoms with Crippen molar-refractivity contribution in [2.24, 2.45) is 5.41 Å². The maximum atomic E-state index is 2.70. The first-order chi connectivity index (χ1) is 32.3. The monoisotopic (exact) mass is 889 g/mol. The summed E-state index contributed by atoms with van der Waals surface area (Å²) in [5.74, 6) is 0.173. The Kier molecular flexibility index (Phi) is 11.0. The molecular formula is C65H69BN2. The number of nitrogens with zero attached hydrogens (tertiary/aromatic N) is 2. The second kappa shape index (κ2) is 16.4. The maximum absolute atomic E-state index is 2.70. The van der Waals surface area contributed by atoms with Gasteiger partial charge in [-0.3, -0.25) is 0 Å². The molecule has 7 aromatic carbocycles. The summed E-state index contributed by atoms with van der Waals surface area (Å²) in [4.78, 5) is 5.31. The van der Waals surface area contributed by atoms with Crippen LogP contribution in [-0.4, -0.2) is 12.8 Å². The Labute approximate surface area is 408 Å². The summed E-state index contributed by atoms with van der Waals surface area (Å²) in [6.45, 7) is 28.5. The number of fused-ring (bicyclic) bond motifs is 4. The van der Waals surface area contributed by atoms with Gasteiger partial charge in [0.25, 0.3) is 0 Å². The zero-order valence-corrected chi connectivity index (χ0v) is 42.5. The van der Waals surface area contributed by atoms with Crippen molar-refractivity contribution in [3.8, 4) is 0 Å². The van der Waals surface area contributed by atoms with Crippen LogP contribution in [0.1, 0.15) is 122 Å². The second-order valence-electron chi connectivity index (χ2n) is 23.5. The van der Waals surface area contributed by atoms with Crippen molar-refractivity contribution in [2.75, 3.05) is 9.80 Å². The van der Waals surface area contributed by atoms with Crippen LogP contribution in [0.4, 0.5) is 28.4 Å². The SMILES string of the molecule is CC(C)(C)C1=CC2B3c4cc(C(C)(C)c5ccccc5)ccc4N(c4ccc(C(C)(C)c5ccccc5)cc4)c4cc(C(C)(C)C)cc(c43)N(c3ccc(C(C)(C)c4ccccc4)cc3)C2C=C1. The Hall–Kier alpha value is -6.32. The molecule has 0 aromatic heterocycles. The van der Waals surface area contributed by atoms with Crippen molar-refractivity contribution >= 4 is 46.1 Å². The van der Waals surface area contributed by atoms with Gasteiger partial charge in [-0.2, -0.15) is 0 Å². The van der Waals surface area contributed by atoms with Gasteiger partial charge in [0.05, 0.1) is 6.04 Å². The molecule has 2 nitrogen and oxygen atoms in total. The summed E-state index contributed by atoms with van der Waals surface area (Å²) in [6.07, 6.45) is 7.63. The Morgan fingerprint density at radius 3 is 1.32 bits per heavy atom. The number of benzene rings is 7. The van der Waals surface area contributed by atoms with Crippen molar-refractivity contribution in [3.05, 3.63) is 233 Å². The molecular weight excluding hydrogens is 820 g/mol. The van der Waals surface area contributed by atoms with Crippen LogP contribution in [0.5, 0.6) is 0 Å². The molecule has 0 spiro atoms. The minimum Gasteiger partial charge on any atom is -0.335 e. The van der Waals surface area contributed by atoms with Crippen molar-refractivity contribution in [2.45, 2.75) is 117 Å². The first kappa shape index (κ1) is 45.5. The summed E-state index contributed by atoms with van der Waals surface area (Å²) in [7, 11) is 0. The van der Waals surface area contributed by atoms with E-state index in [0.717, 1.165) is 0 Å². The summed E-state index contributed by atoms with van der Waals surface area (Å²) in [6, 6.07) is 64.6. The molecule has 1 aliphatic carbocycles. The normalized spacial score (nSPS) is 17.1. The van der Waals surface area contributed by atoms with Crippen molar-refractivity contribution in [3.63, 3.8) is 0 Å². The van der Waals surface area contributed by atoms with Crippen LogP contribution in [0, 0.1) is 5.41 Å². The Balaban J connectivity index is 1.23. The predicted molar refractivity (Wildman–Crippen MR) is 293 cm³/mol. The lowest BCUT2D eigenvalue weighted by molar-refractivity contribution is 0.509. The number of anilines is 5. The zero-order valence-electron chi connectivity index (χ0n) is 42.5.